The Morgan fingerprint density at radius 2 is 1.25 bits per heavy atom. The van der Waals surface area contributed by atoms with Gasteiger partial charge in [-0.25, -0.2) is 0 Å². The zero-order valence-corrected chi connectivity index (χ0v) is 12.3. The van der Waals surface area contributed by atoms with Crippen LogP contribution in [0.1, 0.15) is 0 Å². The van der Waals surface area contributed by atoms with Gasteiger partial charge in [0.15, 0.2) is 0 Å². The van der Waals surface area contributed by atoms with E-state index in [0.717, 1.165) is 0 Å². The minimum Gasteiger partial charge on any atom is 0 e. The molecule has 4 heavy (non-hydrogen) atoms. The molecule has 24 valence electrons. The molecule has 0 spiro atoms. The summed E-state index contributed by atoms with van der Waals surface area (Å²) in [5.74, 6) is 0. The zero-order chi connectivity index (χ0) is 2.71. The maximum atomic E-state index is 4.62. The largest absolute Gasteiger partial charge is 0 e. The molecule has 1 nitrogen and oxygen atoms in total. The van der Waals surface area contributed by atoms with E-state index in [1.165, 1.54) is 0 Å². The first-order chi connectivity index (χ1) is 1.41. The topological polar surface area (TPSA) is 9.23 Å². The monoisotopic (exact) mass is 198 g/mol. The molecule has 0 rings (SSSR count). The molecular formula is H6Ge2OSi. The summed E-state index contributed by atoms with van der Waals surface area (Å²) in [6.07, 6.45) is 0. The summed E-state index contributed by atoms with van der Waals surface area (Å²) < 4.78 is 4.62. The standard InChI is InChI=1S/Ge2H6O.Si/c1-3-2;/h1-2H3;. The van der Waals surface area contributed by atoms with Crippen LogP contribution in [0.15, 0.2) is 0 Å². The molecule has 0 heterocycles. The van der Waals surface area contributed by atoms with Crippen LogP contribution in [-0.4, -0.2) is 44.7 Å². The van der Waals surface area contributed by atoms with Crippen molar-refractivity contribution in [3.63, 3.8) is 0 Å². The third-order valence-electron chi connectivity index (χ3n) is 0. The minimum atomic E-state index is 0. The Morgan fingerprint density at radius 3 is 1.25 bits per heavy atom. The fraction of sp³-hybridized carbons (Fsp3) is 0. The third kappa shape index (κ3) is 10.5. The maximum Gasteiger partial charge on any atom is 0 e. The van der Waals surface area contributed by atoms with Gasteiger partial charge < -0.3 is 0 Å². The van der Waals surface area contributed by atoms with E-state index in [9.17, 15) is 0 Å². The summed E-state index contributed by atoms with van der Waals surface area (Å²) in [5, 5.41) is 0. The molecule has 0 aromatic heterocycles. The van der Waals surface area contributed by atoms with Gasteiger partial charge in [-0.3, -0.25) is 0 Å². The van der Waals surface area contributed by atoms with Gasteiger partial charge in [0, 0.05) is 11.0 Å². The van der Waals surface area contributed by atoms with Crippen LogP contribution in [0.5, 0.6) is 0 Å². The van der Waals surface area contributed by atoms with Crippen molar-refractivity contribution in [2.24, 2.45) is 0 Å². The first-order valence-corrected chi connectivity index (χ1v) is 4.24. The predicted octanol–water partition coefficient (Wildman–Crippen LogP) is -2.82. The van der Waals surface area contributed by atoms with Crippen molar-refractivity contribution in [3.8, 4) is 0 Å². The second kappa shape index (κ2) is 8.86. The minimum absolute atomic E-state index is 0. The molecule has 0 amide bonds. The molecule has 0 aromatic carbocycles. The number of hydrogen-bond acceptors (Lipinski definition) is 1. The second-order valence-corrected chi connectivity index (χ2v) is 11.0. The van der Waals surface area contributed by atoms with Gasteiger partial charge in [0.05, 0.1) is 0 Å². The molecule has 0 saturated carbocycles. The summed E-state index contributed by atoms with van der Waals surface area (Å²) in [4.78, 5) is 0. The van der Waals surface area contributed by atoms with Crippen LogP contribution in [0.4, 0.5) is 0 Å². The van der Waals surface area contributed by atoms with Crippen LogP contribution in [0.3, 0.4) is 0 Å². The van der Waals surface area contributed by atoms with Crippen molar-refractivity contribution in [1.29, 1.82) is 0 Å². The van der Waals surface area contributed by atoms with Crippen LogP contribution in [0.25, 0.3) is 0 Å². The third-order valence-corrected chi connectivity index (χ3v) is 0. The Balaban J connectivity index is 0. The summed E-state index contributed by atoms with van der Waals surface area (Å²) in [7, 11) is 0. The van der Waals surface area contributed by atoms with Crippen LogP contribution in [-0.2, 0) is 2.79 Å². The van der Waals surface area contributed by atoms with Gasteiger partial charge in [-0.2, -0.15) is 0 Å². The Hall–Kier alpha value is 1.26. The first-order valence-electron chi connectivity index (χ1n) is 0.816. The zero-order valence-electron chi connectivity index (χ0n) is 2.91. The van der Waals surface area contributed by atoms with Crippen molar-refractivity contribution < 1.29 is 2.79 Å². The van der Waals surface area contributed by atoms with Crippen molar-refractivity contribution in [3.05, 3.63) is 0 Å². The molecular weight excluding hydrogens is 189 g/mol. The van der Waals surface area contributed by atoms with E-state index >= 15 is 0 Å². The van der Waals surface area contributed by atoms with Gasteiger partial charge in [-0.15, -0.1) is 0 Å². The Kier molecular flexibility index (Phi) is 19.9. The maximum absolute atomic E-state index is 4.62. The predicted molar refractivity (Wildman–Crippen MR) is 26.7 cm³/mol. The van der Waals surface area contributed by atoms with E-state index in [1.54, 1.807) is 0 Å². The molecule has 0 aliphatic rings. The Labute approximate surface area is 47.6 Å². The average Bonchev–Trinajstić information content (AvgIpc) is 0.918. The Bertz CT molecular complexity index is 6.00. The van der Waals surface area contributed by atoms with E-state index in [2.05, 4.69) is 2.79 Å². The van der Waals surface area contributed by atoms with Crippen molar-refractivity contribution in [1.82, 2.24) is 0 Å². The molecule has 0 N–H and O–H groups in total. The summed E-state index contributed by atoms with van der Waals surface area (Å²) in [6.45, 7) is 0. The van der Waals surface area contributed by atoms with Crippen LogP contribution >= 0.6 is 0 Å². The van der Waals surface area contributed by atoms with E-state index in [1.807, 2.05) is 0 Å². The second-order valence-electron chi connectivity index (χ2n) is 0.408. The molecule has 4 heteroatoms. The molecule has 0 aliphatic heterocycles. The molecule has 0 unspecified atom stereocenters. The molecule has 4 radical (unpaired) electrons. The Morgan fingerprint density at radius 1 is 1.25 bits per heavy atom. The molecule has 0 saturated heterocycles. The van der Waals surface area contributed by atoms with Crippen LogP contribution in [0.2, 0.25) is 0 Å². The molecule has 0 aromatic rings. The van der Waals surface area contributed by atoms with Gasteiger partial charge in [0.1, 0.15) is 0 Å². The van der Waals surface area contributed by atoms with E-state index in [-0.39, 0.29) is 11.0 Å². The van der Waals surface area contributed by atoms with Gasteiger partial charge in [-0.05, 0) is 0 Å². The first kappa shape index (κ1) is 8.98. The smallest absolute Gasteiger partial charge is 0 e. The van der Waals surface area contributed by atoms with E-state index < -0.39 is 0 Å². The van der Waals surface area contributed by atoms with Crippen molar-refractivity contribution in [2.45, 2.75) is 0 Å². The van der Waals surface area contributed by atoms with E-state index in [0.29, 0.717) is 33.7 Å². The van der Waals surface area contributed by atoms with Crippen LogP contribution in [0, 0.1) is 0 Å². The quantitative estimate of drug-likeness (QED) is 0.379. The van der Waals surface area contributed by atoms with Gasteiger partial charge in [0.2, 0.25) is 0 Å². The SMILES string of the molecule is [GeH3][O][GeH3].[Si]. The van der Waals surface area contributed by atoms with E-state index in [4.69, 9.17) is 0 Å². The molecule has 0 atom stereocenters. The normalized spacial score (nSPS) is 6.00. The molecule has 0 fully saturated rings. The summed E-state index contributed by atoms with van der Waals surface area (Å²) in [5.41, 5.74) is 0. The fourth-order valence-electron chi connectivity index (χ4n) is 0. The fourth-order valence-corrected chi connectivity index (χ4v) is 0. The van der Waals surface area contributed by atoms with Gasteiger partial charge in [-0.1, -0.05) is 0 Å². The summed E-state index contributed by atoms with van der Waals surface area (Å²) >= 11 is 1.38. The summed E-state index contributed by atoms with van der Waals surface area (Å²) in [6, 6.07) is 0. The number of hydrogen-bond donors (Lipinski definition) is 0. The van der Waals surface area contributed by atoms with Gasteiger partial charge in [0.25, 0.3) is 0 Å². The van der Waals surface area contributed by atoms with Gasteiger partial charge >= 0.3 is 36.5 Å². The molecule has 0 aliphatic carbocycles. The van der Waals surface area contributed by atoms with Crippen molar-refractivity contribution >= 4 is 44.7 Å². The van der Waals surface area contributed by atoms with Crippen molar-refractivity contribution in [2.75, 3.05) is 0 Å². The molecule has 0 bridgehead atoms. The number of rotatable bonds is 0. The average molecular weight is 195 g/mol. The van der Waals surface area contributed by atoms with Crippen LogP contribution < -0.4 is 0 Å².